The largest absolute Gasteiger partial charge is 0.385 e. The lowest BCUT2D eigenvalue weighted by Crippen LogP contribution is -2.18. The molecule has 0 aliphatic carbocycles. The lowest BCUT2D eigenvalue weighted by Gasteiger charge is -2.16. The summed E-state index contributed by atoms with van der Waals surface area (Å²) in [5.41, 5.74) is 7.33. The molecule has 1 heterocycles. The predicted octanol–water partition coefficient (Wildman–Crippen LogP) is 3.28. The molecule has 0 aliphatic rings. The molecule has 0 atom stereocenters. The van der Waals surface area contributed by atoms with Gasteiger partial charge in [-0.2, -0.15) is 4.98 Å². The van der Waals surface area contributed by atoms with Gasteiger partial charge in [-0.25, -0.2) is 0 Å². The van der Waals surface area contributed by atoms with Gasteiger partial charge in [0.25, 0.3) is 5.56 Å². The monoisotopic (exact) mass is 324 g/mol. The van der Waals surface area contributed by atoms with Crippen molar-refractivity contribution in [1.82, 2.24) is 9.55 Å². The third-order valence-corrected chi connectivity index (χ3v) is 4.06. The summed E-state index contributed by atoms with van der Waals surface area (Å²) in [6.45, 7) is 0. The summed E-state index contributed by atoms with van der Waals surface area (Å²) < 4.78 is 1.71. The van der Waals surface area contributed by atoms with Crippen molar-refractivity contribution in [3.8, 4) is 5.69 Å². The Bertz CT molecular complexity index is 860. The fraction of sp³-hybridized carbons (Fsp3) is 0.0588. The van der Waals surface area contributed by atoms with Gasteiger partial charge in [0.1, 0.15) is 5.82 Å². The number of thioether (sulfide) groups is 1. The van der Waals surface area contributed by atoms with E-state index in [4.69, 9.17) is 5.73 Å². The van der Waals surface area contributed by atoms with Gasteiger partial charge < -0.3 is 11.1 Å². The maximum Gasteiger partial charge on any atom is 0.276 e. The molecule has 0 aliphatic heterocycles. The standard InChI is InChI=1S/C17H16N4OS/c1-23-14-9-7-12(8-10-14)19-17-20-16(22)11-15(18)21(17)13-5-3-2-4-6-13/h2-11H,18H2,1H3,(H,19,20,22). The lowest BCUT2D eigenvalue weighted by molar-refractivity contribution is 0.987. The Labute approximate surface area is 138 Å². The smallest absolute Gasteiger partial charge is 0.276 e. The molecule has 0 fully saturated rings. The Hall–Kier alpha value is -2.73. The number of hydrogen-bond donors (Lipinski definition) is 2. The normalized spacial score (nSPS) is 10.5. The van der Waals surface area contributed by atoms with E-state index in [2.05, 4.69) is 10.3 Å². The molecule has 0 saturated heterocycles. The van der Waals surface area contributed by atoms with Crippen molar-refractivity contribution in [1.29, 1.82) is 0 Å². The molecule has 2 aromatic carbocycles. The third-order valence-electron chi connectivity index (χ3n) is 3.32. The summed E-state index contributed by atoms with van der Waals surface area (Å²) in [5.74, 6) is 0.720. The van der Waals surface area contributed by atoms with Gasteiger partial charge in [0.15, 0.2) is 0 Å². The molecule has 1 aromatic heterocycles. The van der Waals surface area contributed by atoms with Gasteiger partial charge in [0.2, 0.25) is 5.95 Å². The van der Waals surface area contributed by atoms with E-state index in [1.807, 2.05) is 60.9 Å². The SMILES string of the molecule is CSc1ccc(Nc2nc(=O)cc(N)n2-c2ccccc2)cc1. The zero-order chi connectivity index (χ0) is 16.2. The van der Waals surface area contributed by atoms with Crippen molar-refractivity contribution in [2.75, 3.05) is 17.3 Å². The van der Waals surface area contributed by atoms with Gasteiger partial charge in [-0.3, -0.25) is 9.36 Å². The van der Waals surface area contributed by atoms with Gasteiger partial charge in [-0.05, 0) is 42.7 Å². The van der Waals surface area contributed by atoms with Crippen molar-refractivity contribution in [3.63, 3.8) is 0 Å². The second-order valence-electron chi connectivity index (χ2n) is 4.87. The van der Waals surface area contributed by atoms with Crippen LogP contribution in [0.25, 0.3) is 5.69 Å². The van der Waals surface area contributed by atoms with Crippen LogP contribution in [0.5, 0.6) is 0 Å². The molecule has 116 valence electrons. The van der Waals surface area contributed by atoms with Crippen molar-refractivity contribution >= 4 is 29.2 Å². The Morgan fingerprint density at radius 1 is 1.09 bits per heavy atom. The maximum atomic E-state index is 11.7. The second kappa shape index (κ2) is 6.58. The fourth-order valence-electron chi connectivity index (χ4n) is 2.24. The summed E-state index contributed by atoms with van der Waals surface area (Å²) in [6, 6.07) is 18.8. The van der Waals surface area contributed by atoms with E-state index in [1.165, 1.54) is 6.07 Å². The van der Waals surface area contributed by atoms with E-state index < -0.39 is 0 Å². The zero-order valence-electron chi connectivity index (χ0n) is 12.6. The molecular formula is C17H16N4OS. The number of nitrogen functional groups attached to an aromatic ring is 1. The van der Waals surface area contributed by atoms with E-state index in [0.29, 0.717) is 11.8 Å². The number of nitrogens with two attached hydrogens (primary N) is 1. The van der Waals surface area contributed by atoms with Crippen LogP contribution in [-0.4, -0.2) is 15.8 Å². The average Bonchev–Trinajstić information content (AvgIpc) is 2.56. The molecular weight excluding hydrogens is 308 g/mol. The highest BCUT2D eigenvalue weighted by Gasteiger charge is 2.09. The third kappa shape index (κ3) is 3.37. The minimum absolute atomic E-state index is 0.333. The number of hydrogen-bond acceptors (Lipinski definition) is 5. The van der Waals surface area contributed by atoms with Crippen LogP contribution >= 0.6 is 11.8 Å². The molecule has 3 rings (SSSR count). The van der Waals surface area contributed by atoms with Crippen LogP contribution in [0.15, 0.2) is 70.4 Å². The van der Waals surface area contributed by atoms with Gasteiger partial charge >= 0.3 is 0 Å². The number of nitrogens with one attached hydrogen (secondary N) is 1. The van der Waals surface area contributed by atoms with Crippen LogP contribution in [0.1, 0.15) is 0 Å². The molecule has 0 amide bonds. The van der Waals surface area contributed by atoms with Gasteiger partial charge in [-0.15, -0.1) is 11.8 Å². The second-order valence-corrected chi connectivity index (χ2v) is 5.75. The van der Waals surface area contributed by atoms with E-state index >= 15 is 0 Å². The molecule has 6 heteroatoms. The van der Waals surface area contributed by atoms with Crippen LogP contribution in [-0.2, 0) is 0 Å². The summed E-state index contributed by atoms with van der Waals surface area (Å²) in [7, 11) is 0. The van der Waals surface area contributed by atoms with E-state index in [9.17, 15) is 4.79 Å². The van der Waals surface area contributed by atoms with Gasteiger partial charge in [0, 0.05) is 16.6 Å². The van der Waals surface area contributed by atoms with E-state index in [0.717, 1.165) is 16.3 Å². The molecule has 23 heavy (non-hydrogen) atoms. The first-order chi connectivity index (χ1) is 11.2. The van der Waals surface area contributed by atoms with Gasteiger partial charge in [-0.1, -0.05) is 18.2 Å². The molecule has 0 radical (unpaired) electrons. The van der Waals surface area contributed by atoms with Crippen molar-refractivity contribution in [2.24, 2.45) is 0 Å². The summed E-state index contributed by atoms with van der Waals surface area (Å²) in [4.78, 5) is 17.0. The first-order valence-corrected chi connectivity index (χ1v) is 8.26. The predicted molar refractivity (Wildman–Crippen MR) is 95.8 cm³/mol. The minimum Gasteiger partial charge on any atom is -0.385 e. The number of anilines is 3. The van der Waals surface area contributed by atoms with Crippen molar-refractivity contribution in [3.05, 3.63) is 71.0 Å². The molecule has 3 aromatic rings. The van der Waals surface area contributed by atoms with E-state index in [-0.39, 0.29) is 5.56 Å². The molecule has 0 bridgehead atoms. The van der Waals surface area contributed by atoms with Crippen LogP contribution in [0.2, 0.25) is 0 Å². The van der Waals surface area contributed by atoms with Crippen LogP contribution in [0, 0.1) is 0 Å². The van der Waals surface area contributed by atoms with Crippen molar-refractivity contribution < 1.29 is 0 Å². The number of rotatable bonds is 4. The maximum absolute atomic E-state index is 11.7. The summed E-state index contributed by atoms with van der Waals surface area (Å²) in [6.07, 6.45) is 2.02. The number of benzene rings is 2. The lowest BCUT2D eigenvalue weighted by atomic mass is 10.3. The highest BCUT2D eigenvalue weighted by atomic mass is 32.2. The zero-order valence-corrected chi connectivity index (χ0v) is 13.4. The topological polar surface area (TPSA) is 72.9 Å². The molecule has 0 saturated carbocycles. The Kier molecular flexibility index (Phi) is 4.34. The molecule has 3 N–H and O–H groups in total. The first-order valence-electron chi connectivity index (χ1n) is 7.03. The summed E-state index contributed by atoms with van der Waals surface area (Å²) in [5, 5.41) is 3.17. The van der Waals surface area contributed by atoms with Crippen LogP contribution in [0.3, 0.4) is 0 Å². The van der Waals surface area contributed by atoms with E-state index in [1.54, 1.807) is 16.3 Å². The molecule has 5 nitrogen and oxygen atoms in total. The van der Waals surface area contributed by atoms with Gasteiger partial charge in [0.05, 0.1) is 5.69 Å². The summed E-state index contributed by atoms with van der Waals surface area (Å²) >= 11 is 1.67. The first kappa shape index (κ1) is 15.2. The Morgan fingerprint density at radius 2 is 1.78 bits per heavy atom. The van der Waals surface area contributed by atoms with Crippen molar-refractivity contribution in [2.45, 2.75) is 4.90 Å². The highest BCUT2D eigenvalue weighted by Crippen LogP contribution is 2.23. The number of para-hydroxylation sites is 1. The van der Waals surface area contributed by atoms with Crippen LogP contribution in [0.4, 0.5) is 17.5 Å². The fourth-order valence-corrected chi connectivity index (χ4v) is 2.64. The molecule has 0 unspecified atom stereocenters. The number of aromatic nitrogens is 2. The van der Waals surface area contributed by atoms with Crippen LogP contribution < -0.4 is 16.6 Å². The molecule has 0 spiro atoms. The Morgan fingerprint density at radius 3 is 2.43 bits per heavy atom. The quantitative estimate of drug-likeness (QED) is 0.721. The average molecular weight is 324 g/mol. The number of nitrogens with zero attached hydrogens (tertiary/aromatic N) is 2. The Balaban J connectivity index is 2.05. The minimum atomic E-state index is -0.377. The highest BCUT2D eigenvalue weighted by molar-refractivity contribution is 7.98.